The molecular formula is C18H16ClN3O2S. The molecule has 2 aromatic carbocycles. The third-order valence-electron chi connectivity index (χ3n) is 3.61. The van der Waals surface area contributed by atoms with Gasteiger partial charge in [-0.25, -0.2) is 4.98 Å². The van der Waals surface area contributed by atoms with Crippen LogP contribution in [0.5, 0.6) is 0 Å². The second kappa shape index (κ2) is 7.21. The molecule has 7 heteroatoms. The summed E-state index contributed by atoms with van der Waals surface area (Å²) in [5.41, 5.74) is 4.06. The smallest absolute Gasteiger partial charge is 0.227 e. The van der Waals surface area contributed by atoms with E-state index >= 15 is 0 Å². The van der Waals surface area contributed by atoms with Gasteiger partial charge in [-0.2, -0.15) is 0 Å². The van der Waals surface area contributed by atoms with Crippen LogP contribution < -0.4 is 10.6 Å². The molecule has 0 bridgehead atoms. The Labute approximate surface area is 155 Å². The lowest BCUT2D eigenvalue weighted by molar-refractivity contribution is -0.117. The molecule has 3 aromatic rings. The largest absolute Gasteiger partial charge is 0.436 e. The summed E-state index contributed by atoms with van der Waals surface area (Å²) in [6.45, 7) is 3.48. The third kappa shape index (κ3) is 3.97. The molecule has 0 unspecified atom stereocenters. The number of hydrogen-bond donors (Lipinski definition) is 2. The van der Waals surface area contributed by atoms with Crippen LogP contribution in [0.4, 0.5) is 5.69 Å². The molecule has 0 aliphatic carbocycles. The molecule has 25 heavy (non-hydrogen) atoms. The van der Waals surface area contributed by atoms with Crippen LogP contribution in [0.1, 0.15) is 19.4 Å². The number of carbonyl (C=O) groups is 1. The van der Waals surface area contributed by atoms with Gasteiger partial charge in [-0.05, 0) is 54.5 Å². The summed E-state index contributed by atoms with van der Waals surface area (Å²) in [5.74, 6) is 0.240. The topological polar surface area (TPSA) is 67.2 Å². The number of amides is 1. The molecule has 0 spiro atoms. The summed E-state index contributed by atoms with van der Waals surface area (Å²) >= 11 is 11.3. The number of benzene rings is 2. The number of anilines is 1. The Balaban J connectivity index is 1.93. The van der Waals surface area contributed by atoms with Crippen LogP contribution in [-0.4, -0.2) is 16.0 Å². The number of fused-ring (bicyclic) bond motifs is 1. The van der Waals surface area contributed by atoms with E-state index in [0.29, 0.717) is 16.6 Å². The van der Waals surface area contributed by atoms with Gasteiger partial charge in [0.2, 0.25) is 11.8 Å². The zero-order valence-corrected chi connectivity index (χ0v) is 15.3. The maximum atomic E-state index is 11.1. The molecule has 0 aliphatic heterocycles. The quantitative estimate of drug-likeness (QED) is 0.659. The van der Waals surface area contributed by atoms with Crippen molar-refractivity contribution in [1.29, 1.82) is 0 Å². The van der Waals surface area contributed by atoms with Gasteiger partial charge in [0.1, 0.15) is 5.52 Å². The molecule has 3 rings (SSSR count). The van der Waals surface area contributed by atoms with Crippen molar-refractivity contribution in [3.8, 4) is 11.5 Å². The number of thiocarbonyl (C=S) groups is 1. The Morgan fingerprint density at radius 3 is 2.80 bits per heavy atom. The number of carbonyl (C=O) groups excluding carboxylic acids is 1. The van der Waals surface area contributed by atoms with Gasteiger partial charge in [-0.1, -0.05) is 24.6 Å². The van der Waals surface area contributed by atoms with Crippen LogP contribution in [0.2, 0.25) is 5.02 Å². The van der Waals surface area contributed by atoms with E-state index in [1.165, 1.54) is 12.5 Å². The minimum absolute atomic E-state index is 0.178. The Hall–Kier alpha value is -2.44. The van der Waals surface area contributed by atoms with Crippen LogP contribution >= 0.6 is 23.8 Å². The molecule has 1 heterocycles. The van der Waals surface area contributed by atoms with Gasteiger partial charge in [0.05, 0.1) is 10.7 Å². The summed E-state index contributed by atoms with van der Waals surface area (Å²) in [6.07, 6.45) is 0.938. The molecular weight excluding hydrogens is 358 g/mol. The first-order valence-electron chi connectivity index (χ1n) is 7.74. The predicted molar refractivity (Wildman–Crippen MR) is 104 cm³/mol. The lowest BCUT2D eigenvalue weighted by atomic mass is 10.1. The third-order valence-corrected chi connectivity index (χ3v) is 4.15. The summed E-state index contributed by atoms with van der Waals surface area (Å²) in [5, 5.41) is 6.05. The van der Waals surface area contributed by atoms with E-state index < -0.39 is 0 Å². The van der Waals surface area contributed by atoms with Crippen LogP contribution in [0, 0.1) is 0 Å². The molecule has 0 saturated carbocycles. The molecule has 5 nitrogen and oxygen atoms in total. The van der Waals surface area contributed by atoms with Crippen molar-refractivity contribution < 1.29 is 9.21 Å². The molecule has 0 aliphatic rings. The van der Waals surface area contributed by atoms with Gasteiger partial charge in [0.25, 0.3) is 0 Å². The number of oxazole rings is 1. The van der Waals surface area contributed by atoms with Gasteiger partial charge in [0.15, 0.2) is 10.7 Å². The fourth-order valence-electron chi connectivity index (χ4n) is 2.38. The number of halogens is 1. The first-order chi connectivity index (χ1) is 12.0. The minimum Gasteiger partial charge on any atom is -0.436 e. The Bertz CT molecular complexity index is 968. The summed E-state index contributed by atoms with van der Waals surface area (Å²) < 4.78 is 5.83. The van der Waals surface area contributed by atoms with Crippen molar-refractivity contribution in [2.24, 2.45) is 0 Å². The van der Waals surface area contributed by atoms with Crippen molar-refractivity contribution in [2.75, 3.05) is 5.32 Å². The Morgan fingerprint density at radius 1 is 1.28 bits per heavy atom. The highest BCUT2D eigenvalue weighted by Crippen LogP contribution is 2.30. The van der Waals surface area contributed by atoms with Crippen LogP contribution in [-0.2, 0) is 11.2 Å². The van der Waals surface area contributed by atoms with E-state index in [1.54, 1.807) is 12.1 Å². The average molecular weight is 374 g/mol. The average Bonchev–Trinajstić information content (AvgIpc) is 2.99. The van der Waals surface area contributed by atoms with Crippen molar-refractivity contribution in [1.82, 2.24) is 10.3 Å². The summed E-state index contributed by atoms with van der Waals surface area (Å²) in [4.78, 5) is 15.6. The van der Waals surface area contributed by atoms with E-state index in [0.717, 1.165) is 23.1 Å². The molecule has 128 valence electrons. The molecule has 0 saturated heterocycles. The van der Waals surface area contributed by atoms with E-state index in [9.17, 15) is 4.79 Å². The maximum absolute atomic E-state index is 11.1. The highest BCUT2D eigenvalue weighted by molar-refractivity contribution is 7.80. The van der Waals surface area contributed by atoms with Crippen molar-refractivity contribution in [3.63, 3.8) is 0 Å². The van der Waals surface area contributed by atoms with Gasteiger partial charge in [-0.15, -0.1) is 0 Å². The second-order valence-electron chi connectivity index (χ2n) is 5.50. The first-order valence-corrected chi connectivity index (χ1v) is 8.53. The minimum atomic E-state index is -0.254. The number of hydrogen-bond acceptors (Lipinski definition) is 4. The Kier molecular flexibility index (Phi) is 5.01. The van der Waals surface area contributed by atoms with E-state index in [2.05, 4.69) is 22.5 Å². The standard InChI is InChI=1S/C18H16ClN3O2S/c1-3-11-4-7-16-15(8-11)21-17(24-16)12-5-6-13(19)14(9-12)22-18(25)20-10(2)23/h4-9H,3H2,1-2H3,(H2,20,22,23,25). The fourth-order valence-corrected chi connectivity index (χ4v) is 2.80. The molecule has 0 radical (unpaired) electrons. The van der Waals surface area contributed by atoms with Gasteiger partial charge < -0.3 is 15.1 Å². The summed E-state index contributed by atoms with van der Waals surface area (Å²) in [6, 6.07) is 11.3. The van der Waals surface area contributed by atoms with Crippen molar-refractivity contribution in [3.05, 3.63) is 47.0 Å². The molecule has 1 aromatic heterocycles. The van der Waals surface area contributed by atoms with Gasteiger partial charge >= 0.3 is 0 Å². The number of nitrogens with zero attached hydrogens (tertiary/aromatic N) is 1. The van der Waals surface area contributed by atoms with Gasteiger partial charge in [0, 0.05) is 12.5 Å². The SMILES string of the molecule is CCc1ccc2oc(-c3ccc(Cl)c(NC(=S)NC(C)=O)c3)nc2c1. The Morgan fingerprint density at radius 2 is 2.08 bits per heavy atom. The number of aryl methyl sites for hydroxylation is 1. The highest BCUT2D eigenvalue weighted by Gasteiger charge is 2.12. The molecule has 0 atom stereocenters. The monoisotopic (exact) mass is 373 g/mol. The number of nitrogens with one attached hydrogen (secondary N) is 2. The van der Waals surface area contributed by atoms with Crippen molar-refractivity contribution >= 4 is 51.6 Å². The number of aromatic nitrogens is 1. The second-order valence-corrected chi connectivity index (χ2v) is 6.32. The van der Waals surface area contributed by atoms with Crippen LogP contribution in [0.15, 0.2) is 40.8 Å². The summed E-state index contributed by atoms with van der Waals surface area (Å²) in [7, 11) is 0. The lowest BCUT2D eigenvalue weighted by Gasteiger charge is -2.10. The van der Waals surface area contributed by atoms with Crippen LogP contribution in [0.25, 0.3) is 22.6 Å². The van der Waals surface area contributed by atoms with E-state index in [-0.39, 0.29) is 11.0 Å². The fraction of sp³-hybridized carbons (Fsp3) is 0.167. The number of rotatable bonds is 3. The first kappa shape index (κ1) is 17.4. The van der Waals surface area contributed by atoms with E-state index in [4.69, 9.17) is 28.2 Å². The molecule has 0 fully saturated rings. The maximum Gasteiger partial charge on any atom is 0.227 e. The zero-order chi connectivity index (χ0) is 18.0. The van der Waals surface area contributed by atoms with Crippen molar-refractivity contribution in [2.45, 2.75) is 20.3 Å². The van der Waals surface area contributed by atoms with Crippen LogP contribution in [0.3, 0.4) is 0 Å². The zero-order valence-electron chi connectivity index (χ0n) is 13.7. The normalized spacial score (nSPS) is 10.7. The predicted octanol–water partition coefficient (Wildman–Crippen LogP) is 4.54. The molecule has 2 N–H and O–H groups in total. The lowest BCUT2D eigenvalue weighted by Crippen LogP contribution is -2.32. The highest BCUT2D eigenvalue weighted by atomic mass is 35.5. The molecule has 1 amide bonds. The van der Waals surface area contributed by atoms with E-state index in [1.807, 2.05) is 24.3 Å². The van der Waals surface area contributed by atoms with Gasteiger partial charge in [-0.3, -0.25) is 4.79 Å².